The minimum atomic E-state index is 0.181. The van der Waals surface area contributed by atoms with Crippen LogP contribution in [0.2, 0.25) is 0 Å². The van der Waals surface area contributed by atoms with E-state index in [1.807, 2.05) is 0 Å². The molecule has 1 saturated carbocycles. The van der Waals surface area contributed by atoms with Crippen LogP contribution in [-0.4, -0.2) is 19.2 Å². The first kappa shape index (κ1) is 13.4. The minimum Gasteiger partial charge on any atom is -0.493 e. The second kappa shape index (κ2) is 5.31. The summed E-state index contributed by atoms with van der Waals surface area (Å²) in [5.74, 6) is 0.993. The summed E-state index contributed by atoms with van der Waals surface area (Å²) in [6, 6.07) is 7.16. The van der Waals surface area contributed by atoms with E-state index in [9.17, 15) is 0 Å². The summed E-state index contributed by atoms with van der Waals surface area (Å²) in [4.78, 5) is 0. The maximum atomic E-state index is 5.95. The molecule has 2 nitrogen and oxygen atoms in total. The molecule has 0 amide bonds. The van der Waals surface area contributed by atoms with Crippen LogP contribution in [0.3, 0.4) is 0 Å². The average Bonchev–Trinajstić information content (AvgIpc) is 3.07. The first-order chi connectivity index (χ1) is 8.44. The van der Waals surface area contributed by atoms with Crippen molar-refractivity contribution in [1.82, 2.24) is 5.32 Å². The van der Waals surface area contributed by atoms with Crippen molar-refractivity contribution in [2.75, 3.05) is 13.2 Å². The van der Waals surface area contributed by atoms with Gasteiger partial charge in [0, 0.05) is 18.0 Å². The van der Waals surface area contributed by atoms with Crippen LogP contribution in [0.5, 0.6) is 5.75 Å². The highest BCUT2D eigenvalue weighted by atomic mass is 16.5. The molecule has 1 aromatic rings. The van der Waals surface area contributed by atoms with Gasteiger partial charge in [-0.15, -0.1) is 0 Å². The van der Waals surface area contributed by atoms with Gasteiger partial charge in [-0.05, 0) is 49.9 Å². The van der Waals surface area contributed by atoms with Crippen molar-refractivity contribution in [3.63, 3.8) is 0 Å². The van der Waals surface area contributed by atoms with Gasteiger partial charge in [0.1, 0.15) is 5.75 Å². The number of nitrogens with one attached hydrogen (secondary N) is 1. The summed E-state index contributed by atoms with van der Waals surface area (Å²) in [7, 11) is 0. The number of ether oxygens (including phenoxy) is 1. The number of benzene rings is 1. The monoisotopic (exact) mass is 247 g/mol. The molecule has 0 bridgehead atoms. The molecule has 0 saturated heterocycles. The van der Waals surface area contributed by atoms with Gasteiger partial charge in [-0.2, -0.15) is 0 Å². The van der Waals surface area contributed by atoms with Crippen molar-refractivity contribution < 1.29 is 4.74 Å². The van der Waals surface area contributed by atoms with Crippen LogP contribution in [0.1, 0.15) is 37.8 Å². The highest BCUT2D eigenvalue weighted by molar-refractivity contribution is 5.33. The van der Waals surface area contributed by atoms with Crippen LogP contribution in [-0.2, 0) is 0 Å². The van der Waals surface area contributed by atoms with E-state index in [0.29, 0.717) is 0 Å². The molecule has 0 spiro atoms. The van der Waals surface area contributed by atoms with Crippen molar-refractivity contribution in [2.45, 2.75) is 46.6 Å². The number of hydrogen-bond acceptors (Lipinski definition) is 2. The van der Waals surface area contributed by atoms with Crippen LogP contribution in [0.15, 0.2) is 18.2 Å². The Kier molecular flexibility index (Phi) is 3.96. The molecule has 1 aromatic carbocycles. The SMILES string of the molecule is Cc1cc(C)cc(OCC(C)(C)CNC2CC2)c1. The predicted molar refractivity (Wildman–Crippen MR) is 76.2 cm³/mol. The summed E-state index contributed by atoms with van der Waals surface area (Å²) in [5, 5.41) is 3.58. The highest BCUT2D eigenvalue weighted by Gasteiger charge is 2.25. The molecule has 18 heavy (non-hydrogen) atoms. The standard InChI is InChI=1S/C16H25NO/c1-12-7-13(2)9-15(8-12)18-11-16(3,4)10-17-14-5-6-14/h7-9,14,17H,5-6,10-11H2,1-4H3. The van der Waals surface area contributed by atoms with Gasteiger partial charge in [0.05, 0.1) is 6.61 Å². The maximum absolute atomic E-state index is 5.95. The predicted octanol–water partition coefficient (Wildman–Crippen LogP) is 3.46. The second-order valence-electron chi connectivity index (χ2n) is 6.43. The van der Waals surface area contributed by atoms with Gasteiger partial charge < -0.3 is 10.1 Å². The van der Waals surface area contributed by atoms with Crippen molar-refractivity contribution >= 4 is 0 Å². The quantitative estimate of drug-likeness (QED) is 0.831. The van der Waals surface area contributed by atoms with E-state index < -0.39 is 0 Å². The van der Waals surface area contributed by atoms with E-state index >= 15 is 0 Å². The lowest BCUT2D eigenvalue weighted by Crippen LogP contribution is -2.35. The number of rotatable bonds is 6. The summed E-state index contributed by atoms with van der Waals surface area (Å²) in [6.45, 7) is 10.5. The van der Waals surface area contributed by atoms with Gasteiger partial charge in [0.25, 0.3) is 0 Å². The first-order valence-corrected chi connectivity index (χ1v) is 6.89. The summed E-state index contributed by atoms with van der Waals surface area (Å²) in [5.41, 5.74) is 2.71. The Bertz CT molecular complexity index is 387. The first-order valence-electron chi connectivity index (χ1n) is 6.89. The van der Waals surface area contributed by atoms with Gasteiger partial charge in [-0.1, -0.05) is 19.9 Å². The van der Waals surface area contributed by atoms with E-state index in [4.69, 9.17) is 4.74 Å². The van der Waals surface area contributed by atoms with Crippen molar-refractivity contribution in [3.8, 4) is 5.75 Å². The Balaban J connectivity index is 1.84. The van der Waals surface area contributed by atoms with Crippen molar-refractivity contribution in [1.29, 1.82) is 0 Å². The molecule has 1 N–H and O–H groups in total. The maximum Gasteiger partial charge on any atom is 0.119 e. The molecule has 0 radical (unpaired) electrons. The van der Waals surface area contributed by atoms with E-state index in [0.717, 1.165) is 24.9 Å². The Labute approximate surface area is 111 Å². The molecule has 0 aromatic heterocycles. The lowest BCUT2D eigenvalue weighted by atomic mass is 9.95. The zero-order valence-electron chi connectivity index (χ0n) is 12.0. The lowest BCUT2D eigenvalue weighted by Gasteiger charge is -2.25. The zero-order valence-corrected chi connectivity index (χ0v) is 12.0. The van der Waals surface area contributed by atoms with Gasteiger partial charge in [-0.3, -0.25) is 0 Å². The molecule has 0 atom stereocenters. The summed E-state index contributed by atoms with van der Waals surface area (Å²) in [6.07, 6.45) is 2.68. The molecule has 0 heterocycles. The smallest absolute Gasteiger partial charge is 0.119 e. The molecule has 1 aliphatic carbocycles. The Morgan fingerprint density at radius 1 is 1.17 bits per heavy atom. The molecule has 2 rings (SSSR count). The third kappa shape index (κ3) is 4.34. The third-order valence-corrected chi connectivity index (χ3v) is 3.27. The lowest BCUT2D eigenvalue weighted by molar-refractivity contribution is 0.176. The topological polar surface area (TPSA) is 21.3 Å². The third-order valence-electron chi connectivity index (χ3n) is 3.27. The van der Waals surface area contributed by atoms with Crippen LogP contribution in [0, 0.1) is 19.3 Å². The molecule has 0 aliphatic heterocycles. The molecule has 2 heteroatoms. The van der Waals surface area contributed by atoms with E-state index in [1.54, 1.807) is 0 Å². The highest BCUT2D eigenvalue weighted by Crippen LogP contribution is 2.23. The molecule has 1 fully saturated rings. The van der Waals surface area contributed by atoms with E-state index in [-0.39, 0.29) is 5.41 Å². The zero-order chi connectivity index (χ0) is 13.2. The van der Waals surface area contributed by atoms with E-state index in [2.05, 4.69) is 51.2 Å². The number of aryl methyl sites for hydroxylation is 2. The molecule has 100 valence electrons. The number of hydrogen-bond donors (Lipinski definition) is 1. The van der Waals surface area contributed by atoms with Crippen molar-refractivity contribution in [2.24, 2.45) is 5.41 Å². The molecule has 1 aliphatic rings. The van der Waals surface area contributed by atoms with E-state index in [1.165, 1.54) is 24.0 Å². The van der Waals surface area contributed by atoms with Gasteiger partial charge in [0.15, 0.2) is 0 Å². The Hall–Kier alpha value is -1.02. The van der Waals surface area contributed by atoms with Crippen molar-refractivity contribution in [3.05, 3.63) is 29.3 Å². The fourth-order valence-corrected chi connectivity index (χ4v) is 2.05. The fourth-order valence-electron chi connectivity index (χ4n) is 2.05. The summed E-state index contributed by atoms with van der Waals surface area (Å²) < 4.78 is 5.95. The largest absolute Gasteiger partial charge is 0.493 e. The molecule has 0 unspecified atom stereocenters. The van der Waals surface area contributed by atoms with Crippen LogP contribution in [0.25, 0.3) is 0 Å². The fraction of sp³-hybridized carbons (Fsp3) is 0.625. The Morgan fingerprint density at radius 2 is 1.78 bits per heavy atom. The van der Waals surface area contributed by atoms with Crippen LogP contribution >= 0.6 is 0 Å². The minimum absolute atomic E-state index is 0.181. The normalized spacial score (nSPS) is 15.8. The Morgan fingerprint density at radius 3 is 2.33 bits per heavy atom. The molecular weight excluding hydrogens is 222 g/mol. The second-order valence-corrected chi connectivity index (χ2v) is 6.43. The van der Waals surface area contributed by atoms with Gasteiger partial charge >= 0.3 is 0 Å². The summed E-state index contributed by atoms with van der Waals surface area (Å²) >= 11 is 0. The molecular formula is C16H25NO. The van der Waals surface area contributed by atoms with Gasteiger partial charge in [-0.25, -0.2) is 0 Å². The average molecular weight is 247 g/mol. The van der Waals surface area contributed by atoms with Crippen LogP contribution in [0.4, 0.5) is 0 Å². The van der Waals surface area contributed by atoms with Crippen LogP contribution < -0.4 is 10.1 Å². The van der Waals surface area contributed by atoms with Gasteiger partial charge in [0.2, 0.25) is 0 Å².